The third kappa shape index (κ3) is 1.43. The Balaban J connectivity index is 2.86. The number of allylic oxidation sites excluding steroid dienone is 2. The molecule has 48 valence electrons. The van der Waals surface area contributed by atoms with E-state index in [-0.39, 0.29) is 0 Å². The summed E-state index contributed by atoms with van der Waals surface area (Å²) in [5.41, 5.74) is 11.5. The average molecular weight is 139 g/mol. The summed E-state index contributed by atoms with van der Waals surface area (Å²) in [6.07, 6.45) is 3.41. The molecule has 0 bridgehead atoms. The normalized spacial score (nSPS) is 21.6. The first kappa shape index (κ1) is 6.09. The largest absolute Gasteiger partial charge is 0.406 e. The molecular formula is C5H9N3Si. The Kier molecular flexibility index (Phi) is 1.40. The minimum Gasteiger partial charge on any atom is -0.406 e. The molecule has 0 unspecified atom stereocenters. The van der Waals surface area contributed by atoms with Gasteiger partial charge < -0.3 is 16.9 Å². The van der Waals surface area contributed by atoms with Gasteiger partial charge in [0.25, 0.3) is 0 Å². The minimum absolute atomic E-state index is 0.608. The van der Waals surface area contributed by atoms with Crippen molar-refractivity contribution < 1.29 is 0 Å². The molecule has 0 fully saturated rings. The Morgan fingerprint density at radius 2 is 2.00 bits per heavy atom. The minimum atomic E-state index is -0.609. The van der Waals surface area contributed by atoms with E-state index >= 15 is 0 Å². The van der Waals surface area contributed by atoms with Crippen LogP contribution in [0.4, 0.5) is 0 Å². The van der Waals surface area contributed by atoms with Crippen molar-refractivity contribution in [2.75, 3.05) is 0 Å². The quantitative estimate of drug-likeness (QED) is 0.368. The van der Waals surface area contributed by atoms with Crippen LogP contribution in [0.1, 0.15) is 0 Å². The van der Waals surface area contributed by atoms with Gasteiger partial charge in [-0.05, 0) is 17.5 Å². The highest BCUT2D eigenvalue weighted by Gasteiger charge is 2.03. The molecule has 1 aliphatic rings. The molecule has 0 radical (unpaired) electrons. The standard InChI is InChI=1S/C5H9N3Si/c6-3-1-4(7)9-5(8)2-3/h1-2,7H,6,8-9H2. The van der Waals surface area contributed by atoms with Crippen molar-refractivity contribution in [1.82, 2.24) is 0 Å². The predicted molar refractivity (Wildman–Crippen MR) is 40.8 cm³/mol. The van der Waals surface area contributed by atoms with Gasteiger partial charge in [0, 0.05) is 11.0 Å². The van der Waals surface area contributed by atoms with E-state index in [4.69, 9.17) is 16.9 Å². The van der Waals surface area contributed by atoms with Crippen LogP contribution in [0.5, 0.6) is 0 Å². The Bertz CT molecular complexity index is 204. The fourth-order valence-corrected chi connectivity index (χ4v) is 1.89. The first-order chi connectivity index (χ1) is 4.18. The van der Waals surface area contributed by atoms with E-state index < -0.39 is 9.52 Å². The number of hydrogen-bond acceptors (Lipinski definition) is 3. The molecule has 0 spiro atoms. The smallest absolute Gasteiger partial charge is 0.130 e. The Morgan fingerprint density at radius 3 is 2.44 bits per heavy atom. The molecule has 1 heterocycles. The van der Waals surface area contributed by atoms with Crippen molar-refractivity contribution in [3.05, 3.63) is 23.2 Å². The van der Waals surface area contributed by atoms with E-state index in [1.165, 1.54) is 0 Å². The second-order valence-corrected chi connectivity index (χ2v) is 4.00. The summed E-state index contributed by atoms with van der Waals surface area (Å²) in [5, 5.41) is 8.66. The zero-order chi connectivity index (χ0) is 6.85. The van der Waals surface area contributed by atoms with Crippen LogP contribution in [0.3, 0.4) is 0 Å². The van der Waals surface area contributed by atoms with Gasteiger partial charge in [0.1, 0.15) is 9.52 Å². The van der Waals surface area contributed by atoms with E-state index in [0.717, 1.165) is 5.32 Å². The molecule has 1 aliphatic heterocycles. The molecule has 0 aromatic carbocycles. The highest BCUT2D eigenvalue weighted by Crippen LogP contribution is 1.98. The van der Waals surface area contributed by atoms with Crippen LogP contribution in [0.2, 0.25) is 0 Å². The number of hydrogen-bond donors (Lipinski definition) is 3. The molecule has 0 aromatic rings. The summed E-state index contributed by atoms with van der Waals surface area (Å²) in [6, 6.07) is 0. The van der Waals surface area contributed by atoms with Crippen LogP contribution in [-0.4, -0.2) is 14.9 Å². The molecule has 5 N–H and O–H groups in total. The summed E-state index contributed by atoms with van der Waals surface area (Å²) < 4.78 is 0. The van der Waals surface area contributed by atoms with E-state index in [0.29, 0.717) is 11.0 Å². The molecule has 4 heteroatoms. The van der Waals surface area contributed by atoms with Crippen molar-refractivity contribution in [2.45, 2.75) is 0 Å². The molecule has 0 saturated carbocycles. The molecule has 0 amide bonds. The number of rotatable bonds is 0. The van der Waals surface area contributed by atoms with Gasteiger partial charge in [0.05, 0.1) is 0 Å². The first-order valence-electron chi connectivity index (χ1n) is 2.69. The van der Waals surface area contributed by atoms with Gasteiger partial charge >= 0.3 is 0 Å². The third-order valence-corrected chi connectivity index (χ3v) is 2.28. The van der Waals surface area contributed by atoms with Gasteiger partial charge in [-0.15, -0.1) is 0 Å². The lowest BCUT2D eigenvalue weighted by Crippen LogP contribution is -2.21. The van der Waals surface area contributed by atoms with Crippen molar-refractivity contribution in [3.63, 3.8) is 0 Å². The van der Waals surface area contributed by atoms with Gasteiger partial charge in [-0.25, -0.2) is 0 Å². The van der Waals surface area contributed by atoms with Crippen molar-refractivity contribution >= 4 is 14.9 Å². The number of nitrogens with two attached hydrogens (primary N) is 2. The van der Waals surface area contributed by atoms with Crippen molar-refractivity contribution in [2.24, 2.45) is 11.5 Å². The summed E-state index contributed by atoms with van der Waals surface area (Å²) >= 11 is 0. The van der Waals surface area contributed by atoms with Crippen molar-refractivity contribution in [1.29, 1.82) is 5.41 Å². The van der Waals surface area contributed by atoms with Gasteiger partial charge in [0.2, 0.25) is 0 Å². The average Bonchev–Trinajstić information content (AvgIpc) is 1.59. The van der Waals surface area contributed by atoms with Crippen LogP contribution in [0.15, 0.2) is 23.2 Å². The van der Waals surface area contributed by atoms with Gasteiger partial charge in [-0.1, -0.05) is 0 Å². The first-order valence-corrected chi connectivity index (χ1v) is 4.10. The molecule has 3 nitrogen and oxygen atoms in total. The van der Waals surface area contributed by atoms with Gasteiger partial charge in [0.15, 0.2) is 0 Å². The third-order valence-electron chi connectivity index (χ3n) is 1.09. The molecule has 0 aliphatic carbocycles. The lowest BCUT2D eigenvalue weighted by molar-refractivity contribution is 1.37. The monoisotopic (exact) mass is 139 g/mol. The van der Waals surface area contributed by atoms with E-state index in [9.17, 15) is 0 Å². The maximum absolute atomic E-state index is 7.23. The SMILES string of the molecule is N=C1C=C(N)C=C(N)[SiH2]1. The lowest BCUT2D eigenvalue weighted by atomic mass is 10.4. The van der Waals surface area contributed by atoms with Gasteiger partial charge in [-0.3, -0.25) is 0 Å². The summed E-state index contributed by atoms with van der Waals surface area (Å²) in [4.78, 5) is 0. The Hall–Kier alpha value is -1.03. The van der Waals surface area contributed by atoms with Crippen LogP contribution >= 0.6 is 0 Å². The molecular weight excluding hydrogens is 130 g/mol. The summed E-state index contributed by atoms with van der Waals surface area (Å²) in [6.45, 7) is 0. The zero-order valence-electron chi connectivity index (χ0n) is 5.02. The second kappa shape index (κ2) is 2.06. The van der Waals surface area contributed by atoms with Crippen LogP contribution in [-0.2, 0) is 0 Å². The topological polar surface area (TPSA) is 75.9 Å². The maximum atomic E-state index is 7.23. The fourth-order valence-electron chi connectivity index (χ4n) is 0.779. The highest BCUT2D eigenvalue weighted by atomic mass is 28.2. The summed E-state index contributed by atoms with van der Waals surface area (Å²) in [5.74, 6) is 0. The van der Waals surface area contributed by atoms with Crippen molar-refractivity contribution in [3.8, 4) is 0 Å². The lowest BCUT2D eigenvalue weighted by Gasteiger charge is -2.05. The predicted octanol–water partition coefficient (Wildman–Crippen LogP) is -1.21. The second-order valence-electron chi connectivity index (χ2n) is 2.07. The number of nitrogens with one attached hydrogen (secondary N) is 1. The highest BCUT2D eigenvalue weighted by molar-refractivity contribution is 6.82. The summed E-state index contributed by atoms with van der Waals surface area (Å²) in [7, 11) is -0.609. The Morgan fingerprint density at radius 1 is 1.33 bits per heavy atom. The van der Waals surface area contributed by atoms with E-state index in [1.54, 1.807) is 12.2 Å². The van der Waals surface area contributed by atoms with Crippen LogP contribution < -0.4 is 11.5 Å². The molecule has 9 heavy (non-hydrogen) atoms. The Labute approximate surface area is 55.8 Å². The molecule has 1 rings (SSSR count). The molecule has 0 aromatic heterocycles. The fraction of sp³-hybridized carbons (Fsp3) is 0. The zero-order valence-corrected chi connectivity index (χ0v) is 6.43. The van der Waals surface area contributed by atoms with Gasteiger partial charge in [-0.2, -0.15) is 0 Å². The molecule has 0 saturated heterocycles. The van der Waals surface area contributed by atoms with E-state index in [1.807, 2.05) is 0 Å². The van der Waals surface area contributed by atoms with Crippen LogP contribution in [0, 0.1) is 5.41 Å². The van der Waals surface area contributed by atoms with E-state index in [2.05, 4.69) is 0 Å². The molecule has 0 atom stereocenters. The van der Waals surface area contributed by atoms with Crippen LogP contribution in [0.25, 0.3) is 0 Å². The maximum Gasteiger partial charge on any atom is 0.130 e.